The summed E-state index contributed by atoms with van der Waals surface area (Å²) in [5.74, 6) is 1.07. The highest BCUT2D eigenvalue weighted by atomic mass is 15.4. The predicted octanol–water partition coefficient (Wildman–Crippen LogP) is 3.72. The smallest absolute Gasteiger partial charge is 0.164 e. The van der Waals surface area contributed by atoms with Crippen LogP contribution in [0.15, 0.2) is 36.9 Å². The van der Waals surface area contributed by atoms with E-state index in [1.54, 1.807) is 29.3 Å². The van der Waals surface area contributed by atoms with Crippen LogP contribution in [-0.2, 0) is 0 Å². The molecule has 0 aromatic carbocycles. The Hall–Kier alpha value is -3.84. The van der Waals surface area contributed by atoms with Crippen LogP contribution in [0.4, 0.5) is 5.69 Å². The van der Waals surface area contributed by atoms with E-state index in [0.717, 1.165) is 41.8 Å². The molecular weight excluding hydrogens is 440 g/mol. The second-order valence-electron chi connectivity index (χ2n) is 9.36. The van der Waals surface area contributed by atoms with E-state index in [9.17, 15) is 0 Å². The van der Waals surface area contributed by atoms with Gasteiger partial charge in [0.2, 0.25) is 0 Å². The second kappa shape index (κ2) is 9.80. The zero-order chi connectivity index (χ0) is 24.4. The monoisotopic (exact) mass is 470 g/mol. The SMILES string of the molecule is CCN[C@H]1CC[C@H](c2cn(-c3cnc(-n4ncc5cc(C#N)cnc54)cc3NC(C)C)nn2)CC1. The zero-order valence-electron chi connectivity index (χ0n) is 20.3. The molecule has 0 atom stereocenters. The maximum absolute atomic E-state index is 9.14. The van der Waals surface area contributed by atoms with Crippen molar-refractivity contribution in [1.82, 2.24) is 40.1 Å². The van der Waals surface area contributed by atoms with Gasteiger partial charge < -0.3 is 10.6 Å². The third-order valence-electron chi connectivity index (χ3n) is 6.46. The molecule has 4 heterocycles. The lowest BCUT2D eigenvalue weighted by Gasteiger charge is -2.27. The van der Waals surface area contributed by atoms with Crippen molar-refractivity contribution in [2.24, 2.45) is 0 Å². The van der Waals surface area contributed by atoms with Crippen LogP contribution in [0.2, 0.25) is 0 Å². The lowest BCUT2D eigenvalue weighted by molar-refractivity contribution is 0.344. The maximum atomic E-state index is 9.14. The molecule has 180 valence electrons. The molecule has 0 aliphatic heterocycles. The molecule has 5 rings (SSSR count). The van der Waals surface area contributed by atoms with Gasteiger partial charge in [-0.15, -0.1) is 5.10 Å². The van der Waals surface area contributed by atoms with Gasteiger partial charge in [-0.1, -0.05) is 12.1 Å². The van der Waals surface area contributed by atoms with Crippen molar-refractivity contribution >= 4 is 16.7 Å². The van der Waals surface area contributed by atoms with Gasteiger partial charge in [-0.25, -0.2) is 14.6 Å². The van der Waals surface area contributed by atoms with Gasteiger partial charge in [0.05, 0.1) is 35.5 Å². The molecule has 0 radical (unpaired) electrons. The normalized spacial score (nSPS) is 18.1. The van der Waals surface area contributed by atoms with E-state index in [1.807, 2.05) is 16.9 Å². The molecule has 10 heteroatoms. The summed E-state index contributed by atoms with van der Waals surface area (Å²) >= 11 is 0. The lowest BCUT2D eigenvalue weighted by atomic mass is 9.84. The van der Waals surface area contributed by atoms with Crippen molar-refractivity contribution in [1.29, 1.82) is 5.26 Å². The van der Waals surface area contributed by atoms with Crippen molar-refractivity contribution in [2.75, 3.05) is 11.9 Å². The van der Waals surface area contributed by atoms with Crippen molar-refractivity contribution in [3.63, 3.8) is 0 Å². The van der Waals surface area contributed by atoms with Gasteiger partial charge in [-0.3, -0.25) is 0 Å². The highest BCUT2D eigenvalue weighted by Crippen LogP contribution is 2.32. The molecule has 1 aliphatic carbocycles. The number of hydrogen-bond donors (Lipinski definition) is 2. The number of nitrogens with one attached hydrogen (secondary N) is 2. The van der Waals surface area contributed by atoms with Crippen LogP contribution in [0.3, 0.4) is 0 Å². The minimum Gasteiger partial charge on any atom is -0.381 e. The van der Waals surface area contributed by atoms with Crippen molar-refractivity contribution in [3.05, 3.63) is 48.2 Å². The number of aromatic nitrogens is 7. The third-order valence-corrected chi connectivity index (χ3v) is 6.46. The van der Waals surface area contributed by atoms with Gasteiger partial charge in [-0.05, 0) is 52.1 Å². The van der Waals surface area contributed by atoms with Crippen LogP contribution < -0.4 is 10.6 Å². The highest BCUT2D eigenvalue weighted by Gasteiger charge is 2.24. The molecule has 0 spiro atoms. The fourth-order valence-electron chi connectivity index (χ4n) is 4.78. The fraction of sp³-hybridized carbons (Fsp3) is 0.440. The summed E-state index contributed by atoms with van der Waals surface area (Å²) in [7, 11) is 0. The quantitative estimate of drug-likeness (QED) is 0.419. The van der Waals surface area contributed by atoms with Gasteiger partial charge in [0.15, 0.2) is 11.5 Å². The largest absolute Gasteiger partial charge is 0.381 e. The van der Waals surface area contributed by atoms with Gasteiger partial charge in [-0.2, -0.15) is 15.0 Å². The summed E-state index contributed by atoms with van der Waals surface area (Å²) in [6.07, 6.45) is 11.7. The van der Waals surface area contributed by atoms with Crippen molar-refractivity contribution in [2.45, 2.75) is 64.5 Å². The minimum atomic E-state index is 0.207. The van der Waals surface area contributed by atoms with E-state index < -0.39 is 0 Å². The van der Waals surface area contributed by atoms with E-state index >= 15 is 0 Å². The summed E-state index contributed by atoms with van der Waals surface area (Å²) in [5.41, 5.74) is 3.90. The van der Waals surface area contributed by atoms with Crippen molar-refractivity contribution in [3.8, 4) is 17.6 Å². The first-order valence-corrected chi connectivity index (χ1v) is 12.2. The van der Waals surface area contributed by atoms with Gasteiger partial charge in [0.25, 0.3) is 0 Å². The van der Waals surface area contributed by atoms with Crippen LogP contribution in [0.25, 0.3) is 22.5 Å². The van der Waals surface area contributed by atoms with Crippen LogP contribution in [0.5, 0.6) is 0 Å². The molecule has 0 amide bonds. The number of fused-ring (bicyclic) bond motifs is 1. The van der Waals surface area contributed by atoms with Gasteiger partial charge in [0.1, 0.15) is 11.8 Å². The molecule has 10 nitrogen and oxygen atoms in total. The Morgan fingerprint density at radius 3 is 2.69 bits per heavy atom. The number of nitriles is 1. The Bertz CT molecular complexity index is 1350. The molecule has 1 aliphatic rings. The summed E-state index contributed by atoms with van der Waals surface area (Å²) in [6, 6.07) is 6.66. The Balaban J connectivity index is 1.44. The third kappa shape index (κ3) is 4.72. The molecule has 0 saturated heterocycles. The van der Waals surface area contributed by atoms with Crippen LogP contribution >= 0.6 is 0 Å². The molecule has 4 aromatic heterocycles. The molecule has 4 aromatic rings. The van der Waals surface area contributed by atoms with Crippen LogP contribution in [0, 0.1) is 11.3 Å². The molecular formula is C25H30N10. The molecule has 2 N–H and O–H groups in total. The molecule has 1 saturated carbocycles. The average Bonchev–Trinajstić information content (AvgIpc) is 3.51. The van der Waals surface area contributed by atoms with Gasteiger partial charge in [0, 0.05) is 35.7 Å². The first-order valence-electron chi connectivity index (χ1n) is 12.2. The minimum absolute atomic E-state index is 0.207. The highest BCUT2D eigenvalue weighted by molar-refractivity contribution is 5.77. The Morgan fingerprint density at radius 2 is 1.94 bits per heavy atom. The summed E-state index contributed by atoms with van der Waals surface area (Å²) in [5, 5.41) is 30.4. The molecule has 1 fully saturated rings. The van der Waals surface area contributed by atoms with E-state index in [2.05, 4.69) is 62.9 Å². The fourth-order valence-corrected chi connectivity index (χ4v) is 4.78. The summed E-state index contributed by atoms with van der Waals surface area (Å²) in [4.78, 5) is 9.09. The summed E-state index contributed by atoms with van der Waals surface area (Å²) < 4.78 is 3.49. The average molecular weight is 471 g/mol. The first kappa shape index (κ1) is 22.9. The number of hydrogen-bond acceptors (Lipinski definition) is 8. The number of rotatable bonds is 7. The molecule has 35 heavy (non-hydrogen) atoms. The number of pyridine rings is 2. The second-order valence-corrected chi connectivity index (χ2v) is 9.36. The first-order chi connectivity index (χ1) is 17.1. The maximum Gasteiger partial charge on any atom is 0.164 e. The summed E-state index contributed by atoms with van der Waals surface area (Å²) in [6.45, 7) is 7.36. The topological polar surface area (TPSA) is 122 Å². The Labute approximate surface area is 204 Å². The van der Waals surface area contributed by atoms with Crippen LogP contribution in [0.1, 0.15) is 63.6 Å². The Kier molecular flexibility index (Phi) is 6.42. The van der Waals surface area contributed by atoms with E-state index in [-0.39, 0.29) is 6.04 Å². The van der Waals surface area contributed by atoms with E-state index in [0.29, 0.717) is 29.0 Å². The van der Waals surface area contributed by atoms with Gasteiger partial charge >= 0.3 is 0 Å². The molecule has 0 unspecified atom stereocenters. The standard InChI is InChI=1S/C25H30N10/c1-4-27-20-7-5-18(6-8-20)22-15-34(33-32-22)23-14-28-24(10-21(23)31-16(2)3)35-25-19(13-30-35)9-17(11-26)12-29-25/h9-10,12-16,18,20,27H,4-8H2,1-3H3,(H,28,31)/t18-,20-. The number of anilines is 1. The molecule has 0 bridgehead atoms. The van der Waals surface area contributed by atoms with Crippen LogP contribution in [-0.4, -0.2) is 53.4 Å². The predicted molar refractivity (Wildman–Crippen MR) is 134 cm³/mol. The Morgan fingerprint density at radius 1 is 1.11 bits per heavy atom. The number of nitrogens with zero attached hydrogens (tertiary/aromatic N) is 8. The van der Waals surface area contributed by atoms with E-state index in [1.165, 1.54) is 12.8 Å². The van der Waals surface area contributed by atoms with E-state index in [4.69, 9.17) is 5.26 Å². The van der Waals surface area contributed by atoms with Crippen molar-refractivity contribution < 1.29 is 0 Å². The zero-order valence-corrected chi connectivity index (χ0v) is 20.3. The lowest BCUT2D eigenvalue weighted by Crippen LogP contribution is -2.32.